The van der Waals surface area contributed by atoms with Crippen LogP contribution in [-0.4, -0.2) is 20.8 Å². The summed E-state index contributed by atoms with van der Waals surface area (Å²) in [4.78, 5) is 4.37. The van der Waals surface area contributed by atoms with Crippen LogP contribution >= 0.6 is 11.6 Å². The number of aromatic nitrogens is 3. The zero-order chi connectivity index (χ0) is 15.7. The predicted molar refractivity (Wildman–Crippen MR) is 89.1 cm³/mol. The van der Waals surface area contributed by atoms with E-state index >= 15 is 0 Å². The molecule has 0 aliphatic heterocycles. The lowest BCUT2D eigenvalue weighted by Gasteiger charge is -2.36. The summed E-state index contributed by atoms with van der Waals surface area (Å²) in [5.74, 6) is 1.62. The molecular formula is C17H23ClN4. The van der Waals surface area contributed by atoms with Gasteiger partial charge in [-0.25, -0.2) is 9.67 Å². The van der Waals surface area contributed by atoms with Crippen LogP contribution in [-0.2, 0) is 12.1 Å². The normalized spacial score (nSPS) is 21.6. The van der Waals surface area contributed by atoms with Crippen molar-refractivity contribution < 1.29 is 0 Å². The van der Waals surface area contributed by atoms with Gasteiger partial charge in [0.2, 0.25) is 0 Å². The van der Waals surface area contributed by atoms with Gasteiger partial charge in [-0.05, 0) is 57.2 Å². The molecule has 118 valence electrons. The topological polar surface area (TPSA) is 42.7 Å². The standard InChI is InChI=1S/C17H23ClN4/c1-17(2,3)22-16(20-11-21-22)10-19-15-8-13(9-15)12-5-4-6-14(18)7-12/h4-7,11,13,15,19H,8-10H2,1-3H3. The minimum Gasteiger partial charge on any atom is -0.307 e. The van der Waals surface area contributed by atoms with E-state index in [4.69, 9.17) is 11.6 Å². The summed E-state index contributed by atoms with van der Waals surface area (Å²) >= 11 is 6.06. The summed E-state index contributed by atoms with van der Waals surface area (Å²) in [7, 11) is 0. The van der Waals surface area contributed by atoms with E-state index in [-0.39, 0.29) is 5.54 Å². The molecule has 3 rings (SSSR count). The van der Waals surface area contributed by atoms with Crippen LogP contribution in [0.5, 0.6) is 0 Å². The van der Waals surface area contributed by atoms with Crippen molar-refractivity contribution in [2.75, 3.05) is 0 Å². The van der Waals surface area contributed by atoms with Crippen LogP contribution in [0.3, 0.4) is 0 Å². The molecule has 1 N–H and O–H groups in total. The van der Waals surface area contributed by atoms with Gasteiger partial charge < -0.3 is 5.32 Å². The first-order valence-corrected chi connectivity index (χ1v) is 8.19. The summed E-state index contributed by atoms with van der Waals surface area (Å²) in [6.45, 7) is 7.20. The summed E-state index contributed by atoms with van der Waals surface area (Å²) in [5, 5.41) is 8.75. The highest BCUT2D eigenvalue weighted by Gasteiger charge is 2.30. The van der Waals surface area contributed by atoms with Crippen molar-refractivity contribution in [2.24, 2.45) is 0 Å². The lowest BCUT2D eigenvalue weighted by atomic mass is 9.76. The van der Waals surface area contributed by atoms with E-state index in [0.29, 0.717) is 12.0 Å². The number of halogens is 1. The van der Waals surface area contributed by atoms with Crippen LogP contribution in [0.4, 0.5) is 0 Å². The molecule has 0 spiro atoms. The van der Waals surface area contributed by atoms with E-state index in [0.717, 1.165) is 30.2 Å². The van der Waals surface area contributed by atoms with E-state index in [1.165, 1.54) is 5.56 Å². The van der Waals surface area contributed by atoms with E-state index in [2.05, 4.69) is 48.3 Å². The maximum absolute atomic E-state index is 6.06. The highest BCUT2D eigenvalue weighted by Crippen LogP contribution is 2.37. The van der Waals surface area contributed by atoms with Gasteiger partial charge in [0, 0.05) is 11.1 Å². The van der Waals surface area contributed by atoms with E-state index in [9.17, 15) is 0 Å². The van der Waals surface area contributed by atoms with Crippen LogP contribution in [0.1, 0.15) is 50.9 Å². The molecule has 0 atom stereocenters. The van der Waals surface area contributed by atoms with Crippen LogP contribution in [0, 0.1) is 0 Å². The van der Waals surface area contributed by atoms with Gasteiger partial charge in [0.25, 0.3) is 0 Å². The minimum absolute atomic E-state index is 0.0313. The Kier molecular flexibility index (Phi) is 4.24. The van der Waals surface area contributed by atoms with Gasteiger partial charge in [-0.3, -0.25) is 0 Å². The molecule has 4 nitrogen and oxygen atoms in total. The molecule has 0 bridgehead atoms. The Morgan fingerprint density at radius 3 is 2.77 bits per heavy atom. The summed E-state index contributed by atoms with van der Waals surface area (Å²) in [6.07, 6.45) is 3.95. The number of nitrogens with one attached hydrogen (secondary N) is 1. The van der Waals surface area contributed by atoms with Crippen molar-refractivity contribution in [2.45, 2.75) is 57.7 Å². The first-order chi connectivity index (χ1) is 10.4. The van der Waals surface area contributed by atoms with Gasteiger partial charge >= 0.3 is 0 Å². The van der Waals surface area contributed by atoms with Gasteiger partial charge in [-0.2, -0.15) is 5.10 Å². The van der Waals surface area contributed by atoms with Gasteiger partial charge in [0.15, 0.2) is 0 Å². The van der Waals surface area contributed by atoms with Crippen molar-refractivity contribution in [1.29, 1.82) is 0 Å². The molecule has 1 aromatic heterocycles. The van der Waals surface area contributed by atoms with Crippen molar-refractivity contribution >= 4 is 11.6 Å². The fourth-order valence-corrected chi connectivity index (χ4v) is 3.20. The molecule has 22 heavy (non-hydrogen) atoms. The molecule has 0 unspecified atom stereocenters. The van der Waals surface area contributed by atoms with E-state index in [1.807, 2.05) is 16.8 Å². The van der Waals surface area contributed by atoms with Gasteiger partial charge in [-0.15, -0.1) is 0 Å². The first kappa shape index (κ1) is 15.5. The van der Waals surface area contributed by atoms with Crippen molar-refractivity contribution in [3.8, 4) is 0 Å². The zero-order valence-corrected chi connectivity index (χ0v) is 14.1. The zero-order valence-electron chi connectivity index (χ0n) is 13.4. The maximum atomic E-state index is 6.06. The van der Waals surface area contributed by atoms with Gasteiger partial charge in [0.1, 0.15) is 12.2 Å². The molecule has 2 aromatic rings. The highest BCUT2D eigenvalue weighted by molar-refractivity contribution is 6.30. The average molecular weight is 319 g/mol. The van der Waals surface area contributed by atoms with E-state index in [1.54, 1.807) is 6.33 Å². The second-order valence-electron chi connectivity index (χ2n) is 7.06. The lowest BCUT2D eigenvalue weighted by Crippen LogP contribution is -2.40. The molecule has 1 heterocycles. The molecule has 0 radical (unpaired) electrons. The second kappa shape index (κ2) is 6.01. The van der Waals surface area contributed by atoms with Crippen LogP contribution in [0.2, 0.25) is 5.02 Å². The third-order valence-corrected chi connectivity index (χ3v) is 4.50. The first-order valence-electron chi connectivity index (χ1n) is 7.82. The van der Waals surface area contributed by atoms with Crippen molar-refractivity contribution in [1.82, 2.24) is 20.1 Å². The Hall–Kier alpha value is -1.39. The quantitative estimate of drug-likeness (QED) is 0.934. The highest BCUT2D eigenvalue weighted by atomic mass is 35.5. The molecule has 0 saturated heterocycles. The Labute approximate surface area is 136 Å². The monoisotopic (exact) mass is 318 g/mol. The molecule has 0 amide bonds. The largest absolute Gasteiger partial charge is 0.307 e. The number of hydrogen-bond donors (Lipinski definition) is 1. The number of rotatable bonds is 4. The molecule has 1 fully saturated rings. The van der Waals surface area contributed by atoms with Gasteiger partial charge in [-0.1, -0.05) is 23.7 Å². The van der Waals surface area contributed by atoms with Gasteiger partial charge in [0.05, 0.1) is 12.1 Å². The molecule has 5 heteroatoms. The summed E-state index contributed by atoms with van der Waals surface area (Å²) in [5.41, 5.74) is 1.32. The van der Waals surface area contributed by atoms with Crippen LogP contribution < -0.4 is 5.32 Å². The Bertz CT molecular complexity index is 638. The second-order valence-corrected chi connectivity index (χ2v) is 7.50. The number of hydrogen-bond acceptors (Lipinski definition) is 3. The third-order valence-electron chi connectivity index (χ3n) is 4.26. The fraction of sp³-hybridized carbons (Fsp3) is 0.529. The molecule has 1 aliphatic rings. The van der Waals surface area contributed by atoms with Crippen molar-refractivity contribution in [3.63, 3.8) is 0 Å². The molecule has 1 aliphatic carbocycles. The lowest BCUT2D eigenvalue weighted by molar-refractivity contribution is 0.277. The minimum atomic E-state index is -0.0313. The summed E-state index contributed by atoms with van der Waals surface area (Å²) < 4.78 is 1.99. The number of benzene rings is 1. The smallest absolute Gasteiger partial charge is 0.141 e. The predicted octanol–water partition coefficient (Wildman–Crippen LogP) is 3.72. The van der Waals surface area contributed by atoms with Crippen molar-refractivity contribution in [3.05, 3.63) is 47.0 Å². The Balaban J connectivity index is 1.52. The summed E-state index contributed by atoms with van der Waals surface area (Å²) in [6, 6.07) is 8.76. The third kappa shape index (κ3) is 3.33. The average Bonchev–Trinajstić information content (AvgIpc) is 2.85. The fourth-order valence-electron chi connectivity index (χ4n) is 3.00. The Morgan fingerprint density at radius 1 is 1.32 bits per heavy atom. The number of nitrogens with zero attached hydrogens (tertiary/aromatic N) is 3. The maximum Gasteiger partial charge on any atom is 0.141 e. The molecular weight excluding hydrogens is 296 g/mol. The van der Waals surface area contributed by atoms with E-state index < -0.39 is 0 Å². The molecule has 1 aromatic carbocycles. The molecule has 1 saturated carbocycles. The van der Waals surface area contributed by atoms with Crippen LogP contribution in [0.25, 0.3) is 0 Å². The Morgan fingerprint density at radius 2 is 2.09 bits per heavy atom. The SMILES string of the molecule is CC(C)(C)n1ncnc1CNC1CC(c2cccc(Cl)c2)C1. The van der Waals surface area contributed by atoms with Crippen LogP contribution in [0.15, 0.2) is 30.6 Å².